The van der Waals surface area contributed by atoms with Crippen LogP contribution in [0.25, 0.3) is 0 Å². The highest BCUT2D eigenvalue weighted by Gasteiger charge is 2.12. The third-order valence-electron chi connectivity index (χ3n) is 2.05. The van der Waals surface area contributed by atoms with Crippen LogP contribution in [-0.2, 0) is 4.74 Å². The van der Waals surface area contributed by atoms with Gasteiger partial charge in [0, 0.05) is 6.54 Å². The molecular weight excluding hydrogens is 190 g/mol. The number of unbranched alkanes of at least 4 members (excludes halogenated alkanes) is 2. The van der Waals surface area contributed by atoms with Crippen molar-refractivity contribution in [1.82, 2.24) is 5.32 Å². The zero-order valence-electron chi connectivity index (χ0n) is 10.7. The van der Waals surface area contributed by atoms with E-state index in [1.54, 1.807) is 0 Å². The zero-order valence-corrected chi connectivity index (χ0v) is 10.7. The van der Waals surface area contributed by atoms with Gasteiger partial charge in [-0.05, 0) is 33.7 Å². The van der Waals surface area contributed by atoms with Crippen molar-refractivity contribution in [3.05, 3.63) is 0 Å². The van der Waals surface area contributed by atoms with Gasteiger partial charge in [-0.2, -0.15) is 0 Å². The average Bonchev–Trinajstić information content (AvgIpc) is 2.13. The van der Waals surface area contributed by atoms with Gasteiger partial charge in [-0.3, -0.25) is 0 Å². The van der Waals surface area contributed by atoms with Crippen molar-refractivity contribution in [2.24, 2.45) is 0 Å². The van der Waals surface area contributed by atoms with Crippen molar-refractivity contribution >= 4 is 0 Å². The lowest BCUT2D eigenvalue weighted by Crippen LogP contribution is -2.34. The molecule has 92 valence electrons. The summed E-state index contributed by atoms with van der Waals surface area (Å²) in [6.45, 7) is 10.2. The summed E-state index contributed by atoms with van der Waals surface area (Å²) in [6, 6.07) is 0. The molecule has 0 rings (SSSR count). The van der Waals surface area contributed by atoms with Crippen LogP contribution in [0.2, 0.25) is 0 Å². The van der Waals surface area contributed by atoms with Crippen molar-refractivity contribution in [1.29, 1.82) is 0 Å². The van der Waals surface area contributed by atoms with Gasteiger partial charge in [0.1, 0.15) is 0 Å². The molecule has 0 saturated carbocycles. The summed E-state index contributed by atoms with van der Waals surface area (Å²) in [4.78, 5) is 0. The summed E-state index contributed by atoms with van der Waals surface area (Å²) in [5.41, 5.74) is -0.164. The van der Waals surface area contributed by atoms with E-state index in [0.717, 1.165) is 6.54 Å². The van der Waals surface area contributed by atoms with Crippen molar-refractivity contribution in [3.8, 4) is 0 Å². The standard InChI is InChI=1S/C12H27NO2/c1-5-6-7-8-13-9-11(14)10-15-12(2,3)4/h11,13-14H,5-10H2,1-4H3. The van der Waals surface area contributed by atoms with Crippen LogP contribution in [0.5, 0.6) is 0 Å². The maximum Gasteiger partial charge on any atom is 0.0897 e. The summed E-state index contributed by atoms with van der Waals surface area (Å²) in [6.07, 6.45) is 3.27. The predicted molar refractivity (Wildman–Crippen MR) is 64.1 cm³/mol. The van der Waals surface area contributed by atoms with Crippen molar-refractivity contribution < 1.29 is 9.84 Å². The molecule has 0 spiro atoms. The van der Waals surface area contributed by atoms with Crippen LogP contribution in [0.15, 0.2) is 0 Å². The molecule has 0 radical (unpaired) electrons. The van der Waals surface area contributed by atoms with Crippen molar-refractivity contribution in [2.75, 3.05) is 19.7 Å². The predicted octanol–water partition coefficient (Wildman–Crippen LogP) is 1.94. The number of hydrogen-bond acceptors (Lipinski definition) is 3. The van der Waals surface area contributed by atoms with Crippen LogP contribution in [-0.4, -0.2) is 36.5 Å². The Labute approximate surface area is 94.2 Å². The lowest BCUT2D eigenvalue weighted by atomic mass is 10.2. The second-order valence-corrected chi connectivity index (χ2v) is 4.99. The molecule has 3 heteroatoms. The van der Waals surface area contributed by atoms with Crippen LogP contribution in [0.3, 0.4) is 0 Å². The first-order valence-corrected chi connectivity index (χ1v) is 5.98. The molecule has 0 aromatic carbocycles. The van der Waals surface area contributed by atoms with E-state index < -0.39 is 6.10 Å². The molecule has 0 bridgehead atoms. The van der Waals surface area contributed by atoms with Gasteiger partial charge in [-0.15, -0.1) is 0 Å². The quantitative estimate of drug-likeness (QED) is 0.611. The van der Waals surface area contributed by atoms with Gasteiger partial charge < -0.3 is 15.2 Å². The van der Waals surface area contributed by atoms with E-state index in [0.29, 0.717) is 13.2 Å². The SMILES string of the molecule is CCCCCNCC(O)COC(C)(C)C. The fraction of sp³-hybridized carbons (Fsp3) is 1.00. The molecule has 15 heavy (non-hydrogen) atoms. The Morgan fingerprint density at radius 1 is 1.27 bits per heavy atom. The molecule has 0 amide bonds. The minimum absolute atomic E-state index is 0.164. The van der Waals surface area contributed by atoms with Crippen LogP contribution < -0.4 is 5.32 Å². The molecule has 0 aliphatic rings. The van der Waals surface area contributed by atoms with Gasteiger partial charge >= 0.3 is 0 Å². The number of aliphatic hydroxyl groups is 1. The zero-order chi connectivity index (χ0) is 11.7. The van der Waals surface area contributed by atoms with E-state index in [4.69, 9.17) is 4.74 Å². The fourth-order valence-corrected chi connectivity index (χ4v) is 1.17. The normalized spacial score (nSPS) is 14.2. The molecule has 0 saturated heterocycles. The molecule has 2 N–H and O–H groups in total. The maximum atomic E-state index is 9.58. The average molecular weight is 217 g/mol. The maximum absolute atomic E-state index is 9.58. The fourth-order valence-electron chi connectivity index (χ4n) is 1.17. The van der Waals surface area contributed by atoms with E-state index in [1.807, 2.05) is 20.8 Å². The Hall–Kier alpha value is -0.120. The topological polar surface area (TPSA) is 41.5 Å². The summed E-state index contributed by atoms with van der Waals surface area (Å²) in [5.74, 6) is 0. The molecule has 0 aliphatic heterocycles. The molecule has 0 heterocycles. The van der Waals surface area contributed by atoms with E-state index >= 15 is 0 Å². The second kappa shape index (κ2) is 8.08. The highest BCUT2D eigenvalue weighted by atomic mass is 16.5. The molecular formula is C12H27NO2. The van der Waals surface area contributed by atoms with E-state index in [-0.39, 0.29) is 5.60 Å². The van der Waals surface area contributed by atoms with Crippen LogP contribution in [0, 0.1) is 0 Å². The highest BCUT2D eigenvalue weighted by Crippen LogP contribution is 2.06. The summed E-state index contributed by atoms with van der Waals surface area (Å²) in [7, 11) is 0. The minimum atomic E-state index is -0.397. The number of hydrogen-bond donors (Lipinski definition) is 2. The Bertz CT molecular complexity index is 143. The Morgan fingerprint density at radius 2 is 1.93 bits per heavy atom. The first kappa shape index (κ1) is 14.9. The first-order chi connectivity index (χ1) is 6.95. The van der Waals surface area contributed by atoms with Crippen molar-refractivity contribution in [2.45, 2.75) is 58.7 Å². The lowest BCUT2D eigenvalue weighted by Gasteiger charge is -2.22. The van der Waals surface area contributed by atoms with E-state index in [1.165, 1.54) is 19.3 Å². The molecule has 3 nitrogen and oxygen atoms in total. The largest absolute Gasteiger partial charge is 0.389 e. The third kappa shape index (κ3) is 11.8. The van der Waals surface area contributed by atoms with Crippen LogP contribution in [0.1, 0.15) is 47.0 Å². The van der Waals surface area contributed by atoms with Crippen LogP contribution >= 0.6 is 0 Å². The monoisotopic (exact) mass is 217 g/mol. The Balaban J connectivity index is 3.30. The molecule has 1 atom stereocenters. The summed E-state index contributed by atoms with van der Waals surface area (Å²) >= 11 is 0. The summed E-state index contributed by atoms with van der Waals surface area (Å²) in [5, 5.41) is 12.8. The van der Waals surface area contributed by atoms with Gasteiger partial charge in [0.15, 0.2) is 0 Å². The van der Waals surface area contributed by atoms with Gasteiger partial charge in [-0.25, -0.2) is 0 Å². The van der Waals surface area contributed by atoms with E-state index in [9.17, 15) is 5.11 Å². The Kier molecular flexibility index (Phi) is 8.02. The molecule has 0 aromatic heterocycles. The highest BCUT2D eigenvalue weighted by molar-refractivity contribution is 4.64. The smallest absolute Gasteiger partial charge is 0.0897 e. The van der Waals surface area contributed by atoms with Crippen LogP contribution in [0.4, 0.5) is 0 Å². The molecule has 0 aliphatic carbocycles. The van der Waals surface area contributed by atoms with Gasteiger partial charge in [0.25, 0.3) is 0 Å². The number of aliphatic hydroxyl groups excluding tert-OH is 1. The van der Waals surface area contributed by atoms with Gasteiger partial charge in [-0.1, -0.05) is 19.8 Å². The third-order valence-corrected chi connectivity index (χ3v) is 2.05. The van der Waals surface area contributed by atoms with Gasteiger partial charge in [0.2, 0.25) is 0 Å². The second-order valence-electron chi connectivity index (χ2n) is 4.99. The number of rotatable bonds is 8. The summed E-state index contributed by atoms with van der Waals surface area (Å²) < 4.78 is 5.48. The number of ether oxygens (including phenoxy) is 1. The first-order valence-electron chi connectivity index (χ1n) is 5.98. The molecule has 0 aromatic rings. The molecule has 0 fully saturated rings. The van der Waals surface area contributed by atoms with E-state index in [2.05, 4.69) is 12.2 Å². The lowest BCUT2D eigenvalue weighted by molar-refractivity contribution is -0.0478. The van der Waals surface area contributed by atoms with Gasteiger partial charge in [0.05, 0.1) is 18.3 Å². The van der Waals surface area contributed by atoms with Crippen molar-refractivity contribution in [3.63, 3.8) is 0 Å². The minimum Gasteiger partial charge on any atom is -0.389 e. The Morgan fingerprint density at radius 3 is 2.47 bits per heavy atom. The number of nitrogens with one attached hydrogen (secondary N) is 1. The molecule has 1 unspecified atom stereocenters.